The first-order valence-electron chi connectivity index (χ1n) is 5.36. The predicted molar refractivity (Wildman–Crippen MR) is 61.4 cm³/mol. The first-order chi connectivity index (χ1) is 7.70. The van der Waals surface area contributed by atoms with E-state index in [4.69, 9.17) is 21.4 Å². The Morgan fingerprint density at radius 1 is 1.31 bits per heavy atom. The minimum absolute atomic E-state index is 0.00462. The van der Waals surface area contributed by atoms with Crippen LogP contribution in [-0.2, 0) is 10.3 Å². The normalized spacial score (nSPS) is 29.6. The first-order valence-corrected chi connectivity index (χ1v) is 5.73. The van der Waals surface area contributed by atoms with Crippen LogP contribution in [0.4, 0.5) is 0 Å². The third kappa shape index (κ3) is 2.09. The summed E-state index contributed by atoms with van der Waals surface area (Å²) in [4.78, 5) is 0. The Morgan fingerprint density at radius 2 is 2.00 bits per heavy atom. The summed E-state index contributed by atoms with van der Waals surface area (Å²) in [5, 5.41) is 19.2. The molecule has 1 aliphatic heterocycles. The van der Waals surface area contributed by atoms with E-state index in [0.29, 0.717) is 5.02 Å². The number of rotatable bonds is 3. The van der Waals surface area contributed by atoms with Crippen LogP contribution in [0.2, 0.25) is 5.02 Å². The lowest BCUT2D eigenvalue weighted by Crippen LogP contribution is -2.31. The van der Waals surface area contributed by atoms with Crippen LogP contribution >= 0.6 is 11.6 Å². The van der Waals surface area contributed by atoms with Gasteiger partial charge >= 0.3 is 0 Å². The van der Waals surface area contributed by atoms with Gasteiger partial charge in [-0.25, -0.2) is 0 Å². The molecule has 4 heteroatoms. The molecule has 1 saturated heterocycles. The van der Waals surface area contributed by atoms with E-state index in [1.165, 1.54) is 0 Å². The SMILES string of the molecule is OC[C@H]1CC[C@](CO)(c2ccc(Cl)cc2)O1. The molecule has 2 rings (SSSR count). The van der Waals surface area contributed by atoms with Gasteiger partial charge < -0.3 is 14.9 Å². The highest BCUT2D eigenvalue weighted by Gasteiger charge is 2.40. The van der Waals surface area contributed by atoms with Crippen molar-refractivity contribution in [3.63, 3.8) is 0 Å². The summed E-state index contributed by atoms with van der Waals surface area (Å²) in [6.45, 7) is -0.0829. The maximum Gasteiger partial charge on any atom is 0.117 e. The van der Waals surface area contributed by atoms with Crippen molar-refractivity contribution in [3.8, 4) is 0 Å². The smallest absolute Gasteiger partial charge is 0.117 e. The number of aliphatic hydroxyl groups is 2. The molecule has 1 aromatic rings. The second kappa shape index (κ2) is 4.72. The minimum Gasteiger partial charge on any atom is -0.394 e. The van der Waals surface area contributed by atoms with Crippen molar-refractivity contribution in [2.75, 3.05) is 13.2 Å². The summed E-state index contributed by atoms with van der Waals surface area (Å²) < 4.78 is 5.73. The van der Waals surface area contributed by atoms with Crippen LogP contribution in [0.15, 0.2) is 24.3 Å². The van der Waals surface area contributed by atoms with E-state index in [-0.39, 0.29) is 19.3 Å². The van der Waals surface area contributed by atoms with E-state index in [1.54, 1.807) is 12.1 Å². The van der Waals surface area contributed by atoms with E-state index in [2.05, 4.69) is 0 Å². The molecule has 0 amide bonds. The van der Waals surface area contributed by atoms with Gasteiger partial charge in [0.1, 0.15) is 5.60 Å². The van der Waals surface area contributed by atoms with Crippen molar-refractivity contribution < 1.29 is 14.9 Å². The molecular formula is C12H15ClO3. The van der Waals surface area contributed by atoms with Crippen LogP contribution in [0.3, 0.4) is 0 Å². The molecular weight excluding hydrogens is 228 g/mol. The summed E-state index contributed by atoms with van der Waals surface area (Å²) in [7, 11) is 0. The van der Waals surface area contributed by atoms with Gasteiger partial charge in [-0.05, 0) is 30.5 Å². The largest absolute Gasteiger partial charge is 0.394 e. The van der Waals surface area contributed by atoms with Crippen molar-refractivity contribution in [3.05, 3.63) is 34.9 Å². The van der Waals surface area contributed by atoms with Gasteiger partial charge in [0.05, 0.1) is 19.3 Å². The molecule has 0 spiro atoms. The molecule has 2 atom stereocenters. The lowest BCUT2D eigenvalue weighted by Gasteiger charge is -2.27. The van der Waals surface area contributed by atoms with E-state index < -0.39 is 5.60 Å². The molecule has 2 N–H and O–H groups in total. The maximum absolute atomic E-state index is 9.51. The fourth-order valence-electron chi connectivity index (χ4n) is 2.13. The van der Waals surface area contributed by atoms with Crippen LogP contribution in [0.1, 0.15) is 18.4 Å². The van der Waals surface area contributed by atoms with Crippen LogP contribution in [0.5, 0.6) is 0 Å². The van der Waals surface area contributed by atoms with Crippen molar-refractivity contribution in [1.82, 2.24) is 0 Å². The molecule has 0 unspecified atom stereocenters. The second-order valence-corrected chi connectivity index (χ2v) is 4.56. The minimum atomic E-state index is -0.669. The number of halogens is 1. The second-order valence-electron chi connectivity index (χ2n) is 4.12. The lowest BCUT2D eigenvalue weighted by molar-refractivity contribution is -0.0907. The number of benzene rings is 1. The molecule has 0 bridgehead atoms. The number of hydrogen-bond donors (Lipinski definition) is 2. The fraction of sp³-hybridized carbons (Fsp3) is 0.500. The van der Waals surface area contributed by atoms with Gasteiger partial charge in [-0.15, -0.1) is 0 Å². The Kier molecular flexibility index (Phi) is 3.50. The highest BCUT2D eigenvalue weighted by molar-refractivity contribution is 6.30. The van der Waals surface area contributed by atoms with E-state index in [0.717, 1.165) is 18.4 Å². The Labute approximate surface area is 99.6 Å². The lowest BCUT2D eigenvalue weighted by atomic mass is 9.91. The average Bonchev–Trinajstić information content (AvgIpc) is 2.75. The molecule has 1 aromatic carbocycles. The molecule has 1 fully saturated rings. The standard InChI is InChI=1S/C12H15ClO3/c13-10-3-1-9(2-4-10)12(8-15)6-5-11(7-14)16-12/h1-4,11,14-15H,5-8H2/t11-,12+/m1/s1. The Morgan fingerprint density at radius 3 is 2.50 bits per heavy atom. The Bertz CT molecular complexity index is 352. The summed E-state index contributed by atoms with van der Waals surface area (Å²) in [5.74, 6) is 0. The molecule has 0 radical (unpaired) electrons. The number of ether oxygens (including phenoxy) is 1. The molecule has 88 valence electrons. The molecule has 16 heavy (non-hydrogen) atoms. The highest BCUT2D eigenvalue weighted by atomic mass is 35.5. The highest BCUT2D eigenvalue weighted by Crippen LogP contribution is 2.39. The van der Waals surface area contributed by atoms with E-state index >= 15 is 0 Å². The number of aliphatic hydroxyl groups excluding tert-OH is 2. The predicted octanol–water partition coefficient (Wildman–Crippen LogP) is 1.70. The Balaban J connectivity index is 2.25. The quantitative estimate of drug-likeness (QED) is 0.848. The number of hydrogen-bond acceptors (Lipinski definition) is 3. The van der Waals surface area contributed by atoms with Gasteiger partial charge in [0, 0.05) is 5.02 Å². The van der Waals surface area contributed by atoms with Crippen LogP contribution in [-0.4, -0.2) is 29.5 Å². The van der Waals surface area contributed by atoms with Gasteiger partial charge in [0.2, 0.25) is 0 Å². The summed E-state index contributed by atoms with van der Waals surface area (Å²) in [6, 6.07) is 7.28. The van der Waals surface area contributed by atoms with Gasteiger partial charge in [0.25, 0.3) is 0 Å². The van der Waals surface area contributed by atoms with Crippen LogP contribution < -0.4 is 0 Å². The van der Waals surface area contributed by atoms with E-state index in [9.17, 15) is 5.11 Å². The third-order valence-corrected chi connectivity index (χ3v) is 3.34. The zero-order chi connectivity index (χ0) is 11.6. The third-order valence-electron chi connectivity index (χ3n) is 3.09. The maximum atomic E-state index is 9.51. The molecule has 1 heterocycles. The molecule has 0 saturated carbocycles. The molecule has 1 aliphatic rings. The first kappa shape index (κ1) is 11.9. The topological polar surface area (TPSA) is 49.7 Å². The zero-order valence-corrected chi connectivity index (χ0v) is 9.65. The van der Waals surface area contributed by atoms with Gasteiger partial charge in [-0.1, -0.05) is 23.7 Å². The van der Waals surface area contributed by atoms with Crippen LogP contribution in [0, 0.1) is 0 Å². The summed E-state index contributed by atoms with van der Waals surface area (Å²) in [5.41, 5.74) is 0.244. The average molecular weight is 243 g/mol. The van der Waals surface area contributed by atoms with Crippen molar-refractivity contribution in [1.29, 1.82) is 0 Å². The molecule has 0 aromatic heterocycles. The summed E-state index contributed by atoms with van der Waals surface area (Å²) >= 11 is 5.82. The van der Waals surface area contributed by atoms with Crippen molar-refractivity contribution >= 4 is 11.6 Å². The van der Waals surface area contributed by atoms with Crippen molar-refractivity contribution in [2.24, 2.45) is 0 Å². The monoisotopic (exact) mass is 242 g/mol. The van der Waals surface area contributed by atoms with Crippen LogP contribution in [0.25, 0.3) is 0 Å². The van der Waals surface area contributed by atoms with Gasteiger partial charge in [-0.3, -0.25) is 0 Å². The van der Waals surface area contributed by atoms with E-state index in [1.807, 2.05) is 12.1 Å². The molecule has 3 nitrogen and oxygen atoms in total. The summed E-state index contributed by atoms with van der Waals surface area (Å²) in [6.07, 6.45) is 1.30. The Hall–Kier alpha value is -0.610. The van der Waals surface area contributed by atoms with Gasteiger partial charge in [-0.2, -0.15) is 0 Å². The fourth-order valence-corrected chi connectivity index (χ4v) is 2.26. The molecule has 0 aliphatic carbocycles. The van der Waals surface area contributed by atoms with Gasteiger partial charge in [0.15, 0.2) is 0 Å². The van der Waals surface area contributed by atoms with Crippen molar-refractivity contribution in [2.45, 2.75) is 24.5 Å². The zero-order valence-electron chi connectivity index (χ0n) is 8.90.